The highest BCUT2D eigenvalue weighted by atomic mass is 33.1. The molecule has 0 spiro atoms. The Morgan fingerprint density at radius 1 is 0.568 bits per heavy atom. The Hall–Kier alpha value is -0.430. The minimum Gasteiger partial charge on any atom is -0.465 e. The fraction of sp³-hybridized carbons (Fsp3) is 0.868. The third-order valence-corrected chi connectivity index (χ3v) is 10.4. The molecule has 260 valence electrons. The van der Waals surface area contributed by atoms with Gasteiger partial charge in [-0.25, -0.2) is 0 Å². The molecule has 0 amide bonds. The topological polar surface area (TPSA) is 32.8 Å². The van der Waals surface area contributed by atoms with E-state index in [2.05, 4.69) is 62.0 Å². The van der Waals surface area contributed by atoms with Crippen LogP contribution < -0.4 is 0 Å². The highest BCUT2D eigenvalue weighted by molar-refractivity contribution is 8.76. The molecule has 0 radical (unpaired) electrons. The number of ether oxygens (including phenoxy) is 1. The van der Waals surface area contributed by atoms with E-state index in [0.717, 1.165) is 44.8 Å². The van der Waals surface area contributed by atoms with Crippen molar-refractivity contribution >= 4 is 27.6 Å². The largest absolute Gasteiger partial charge is 0.465 e. The third-order valence-electron chi connectivity index (χ3n) is 7.98. The van der Waals surface area contributed by atoms with E-state index >= 15 is 0 Å². The van der Waals surface area contributed by atoms with Crippen LogP contribution in [0.1, 0.15) is 155 Å². The SMILES string of the molecule is CCCCC/C=C\C/C=C\CCCCCCCCN(CCCN(C)C)CCC(=O)OCCSSCCCCCCCCCC. The quantitative estimate of drug-likeness (QED) is 0.0293. The van der Waals surface area contributed by atoms with Gasteiger partial charge >= 0.3 is 5.97 Å². The van der Waals surface area contributed by atoms with Crippen LogP contribution in [0.15, 0.2) is 24.3 Å². The minimum absolute atomic E-state index is 0.0340. The Labute approximate surface area is 283 Å². The lowest BCUT2D eigenvalue weighted by atomic mass is 10.1. The van der Waals surface area contributed by atoms with Gasteiger partial charge in [-0.1, -0.05) is 143 Å². The molecule has 0 aliphatic carbocycles. The number of rotatable bonds is 35. The molecule has 0 saturated carbocycles. The lowest BCUT2D eigenvalue weighted by Crippen LogP contribution is -2.31. The first-order valence-corrected chi connectivity index (χ1v) is 21.2. The molecule has 0 atom stereocenters. The van der Waals surface area contributed by atoms with Crippen molar-refractivity contribution in [1.29, 1.82) is 0 Å². The van der Waals surface area contributed by atoms with E-state index < -0.39 is 0 Å². The second-order valence-electron chi connectivity index (χ2n) is 12.7. The molecule has 0 fully saturated rings. The Balaban J connectivity index is 3.83. The highest BCUT2D eigenvalue weighted by Gasteiger charge is 2.10. The molecule has 0 heterocycles. The zero-order valence-corrected chi connectivity index (χ0v) is 31.5. The van der Waals surface area contributed by atoms with Gasteiger partial charge in [-0.15, -0.1) is 0 Å². The summed E-state index contributed by atoms with van der Waals surface area (Å²) in [4.78, 5) is 17.1. The Morgan fingerprint density at radius 2 is 1.09 bits per heavy atom. The summed E-state index contributed by atoms with van der Waals surface area (Å²) in [5.41, 5.74) is 0. The van der Waals surface area contributed by atoms with Crippen molar-refractivity contribution in [2.45, 2.75) is 155 Å². The van der Waals surface area contributed by atoms with Crippen LogP contribution in [0, 0.1) is 0 Å². The predicted octanol–water partition coefficient (Wildman–Crippen LogP) is 11.5. The molecule has 0 N–H and O–H groups in total. The van der Waals surface area contributed by atoms with E-state index in [1.807, 2.05) is 21.6 Å². The molecule has 4 nitrogen and oxygen atoms in total. The number of allylic oxidation sites excluding steroid dienone is 4. The number of carbonyl (C=O) groups is 1. The van der Waals surface area contributed by atoms with Gasteiger partial charge in [-0.2, -0.15) is 0 Å². The first-order valence-electron chi connectivity index (χ1n) is 18.7. The lowest BCUT2D eigenvalue weighted by Gasteiger charge is -2.23. The fourth-order valence-corrected chi connectivity index (χ4v) is 7.17. The summed E-state index contributed by atoms with van der Waals surface area (Å²) in [6, 6.07) is 0. The van der Waals surface area contributed by atoms with Gasteiger partial charge in [0, 0.05) is 18.1 Å². The summed E-state index contributed by atoms with van der Waals surface area (Å²) in [7, 11) is 8.06. The molecule has 0 aliphatic rings. The summed E-state index contributed by atoms with van der Waals surface area (Å²) < 4.78 is 5.55. The maximum absolute atomic E-state index is 12.4. The molecule has 0 aromatic carbocycles. The second kappa shape index (κ2) is 37.0. The summed E-state index contributed by atoms with van der Waals surface area (Å²) in [5, 5.41) is 0. The molecule has 44 heavy (non-hydrogen) atoms. The van der Waals surface area contributed by atoms with Crippen LogP contribution in [0.2, 0.25) is 0 Å². The van der Waals surface area contributed by atoms with E-state index in [1.54, 1.807) is 0 Å². The zero-order chi connectivity index (χ0) is 32.2. The van der Waals surface area contributed by atoms with Gasteiger partial charge in [0.05, 0.1) is 6.42 Å². The summed E-state index contributed by atoms with van der Waals surface area (Å²) in [5.74, 6) is 2.07. The first kappa shape index (κ1) is 43.6. The number of esters is 1. The molecular formula is C38H74N2O2S2. The number of hydrogen-bond donors (Lipinski definition) is 0. The monoisotopic (exact) mass is 655 g/mol. The van der Waals surface area contributed by atoms with Gasteiger partial charge in [-0.3, -0.25) is 4.79 Å². The molecule has 0 aliphatic heterocycles. The summed E-state index contributed by atoms with van der Waals surface area (Å²) >= 11 is 0. The number of nitrogens with zero attached hydrogens (tertiary/aromatic N) is 2. The minimum atomic E-state index is -0.0340. The Bertz CT molecular complexity index is 642. The van der Waals surface area contributed by atoms with Crippen molar-refractivity contribution in [1.82, 2.24) is 9.80 Å². The molecule has 0 rings (SSSR count). The number of hydrogen-bond acceptors (Lipinski definition) is 6. The van der Waals surface area contributed by atoms with E-state index in [0.29, 0.717) is 13.0 Å². The van der Waals surface area contributed by atoms with Crippen LogP contribution in [0.4, 0.5) is 0 Å². The van der Waals surface area contributed by atoms with Crippen molar-refractivity contribution in [3.8, 4) is 0 Å². The number of unbranched alkanes of at least 4 members (excludes halogenated alkanes) is 16. The average molecular weight is 655 g/mol. The maximum Gasteiger partial charge on any atom is 0.307 e. The zero-order valence-electron chi connectivity index (χ0n) is 29.8. The van der Waals surface area contributed by atoms with E-state index in [1.165, 1.54) is 128 Å². The lowest BCUT2D eigenvalue weighted by molar-refractivity contribution is -0.143. The smallest absolute Gasteiger partial charge is 0.307 e. The van der Waals surface area contributed by atoms with Crippen molar-refractivity contribution in [2.24, 2.45) is 0 Å². The van der Waals surface area contributed by atoms with Gasteiger partial charge in [0.1, 0.15) is 6.61 Å². The van der Waals surface area contributed by atoms with E-state index in [9.17, 15) is 4.79 Å². The molecule has 0 saturated heterocycles. The first-order chi connectivity index (χ1) is 21.6. The van der Waals surface area contributed by atoms with Crippen molar-refractivity contribution in [3.63, 3.8) is 0 Å². The van der Waals surface area contributed by atoms with E-state index in [4.69, 9.17) is 4.74 Å². The summed E-state index contributed by atoms with van der Waals surface area (Å²) in [6.07, 6.45) is 37.4. The molecule has 6 heteroatoms. The van der Waals surface area contributed by atoms with Crippen LogP contribution in [0.3, 0.4) is 0 Å². The van der Waals surface area contributed by atoms with Crippen LogP contribution in [0.5, 0.6) is 0 Å². The molecule has 0 bridgehead atoms. The van der Waals surface area contributed by atoms with Gasteiger partial charge in [0.15, 0.2) is 0 Å². The van der Waals surface area contributed by atoms with Crippen LogP contribution in [-0.4, -0.2) is 74.2 Å². The molecule has 0 aromatic heterocycles. The maximum atomic E-state index is 12.4. The summed E-state index contributed by atoms with van der Waals surface area (Å²) in [6.45, 7) is 9.17. The van der Waals surface area contributed by atoms with Gasteiger partial charge in [0.2, 0.25) is 0 Å². The normalized spacial score (nSPS) is 12.0. The predicted molar refractivity (Wildman–Crippen MR) is 202 cm³/mol. The van der Waals surface area contributed by atoms with Crippen molar-refractivity contribution < 1.29 is 9.53 Å². The van der Waals surface area contributed by atoms with Gasteiger partial charge in [-0.05, 0) is 85.1 Å². The third kappa shape index (κ3) is 36.0. The van der Waals surface area contributed by atoms with Gasteiger partial charge < -0.3 is 14.5 Å². The van der Waals surface area contributed by atoms with Crippen molar-refractivity contribution in [2.75, 3.05) is 58.4 Å². The highest BCUT2D eigenvalue weighted by Crippen LogP contribution is 2.23. The van der Waals surface area contributed by atoms with Crippen LogP contribution in [-0.2, 0) is 9.53 Å². The molecular weight excluding hydrogens is 581 g/mol. The van der Waals surface area contributed by atoms with Gasteiger partial charge in [0.25, 0.3) is 0 Å². The van der Waals surface area contributed by atoms with Crippen LogP contribution >= 0.6 is 21.6 Å². The van der Waals surface area contributed by atoms with Crippen LogP contribution in [0.25, 0.3) is 0 Å². The Morgan fingerprint density at radius 3 is 1.75 bits per heavy atom. The van der Waals surface area contributed by atoms with Crippen molar-refractivity contribution in [3.05, 3.63) is 24.3 Å². The molecule has 0 aromatic rings. The average Bonchev–Trinajstić information content (AvgIpc) is 3.01. The molecule has 0 unspecified atom stereocenters. The standard InChI is InChI=1S/C38H74N2O2S2/c1-5-7-9-11-13-15-16-17-18-19-20-21-22-23-25-27-32-40(33-29-31-39(3)4)34-30-38(41)42-35-37-44-43-36-28-26-24-14-12-10-8-6-2/h13,15,17-18H,5-12,14,16,19-37H2,1-4H3/b15-13-,18-17-. The number of carbonyl (C=O) groups excluding carboxylic acids is 1. The Kier molecular flexibility index (Phi) is 36.7. The second-order valence-corrected chi connectivity index (χ2v) is 15.4. The fourth-order valence-electron chi connectivity index (χ4n) is 5.19. The van der Waals surface area contributed by atoms with E-state index in [-0.39, 0.29) is 5.97 Å².